The summed E-state index contributed by atoms with van der Waals surface area (Å²) in [6, 6.07) is 0.791. The van der Waals surface area contributed by atoms with E-state index in [2.05, 4.69) is 31.4 Å². The monoisotopic (exact) mass is 258 g/mol. The van der Waals surface area contributed by atoms with E-state index in [0.29, 0.717) is 18.6 Å². The van der Waals surface area contributed by atoms with Crippen LogP contribution in [0, 0.1) is 0 Å². The van der Waals surface area contributed by atoms with E-state index in [9.17, 15) is 4.79 Å². The summed E-state index contributed by atoms with van der Waals surface area (Å²) in [5.41, 5.74) is -0.436. The van der Waals surface area contributed by atoms with Gasteiger partial charge < -0.3 is 15.4 Å². The van der Waals surface area contributed by atoms with Gasteiger partial charge in [-0.1, -0.05) is 20.3 Å². The normalized spacial score (nSPS) is 15.0. The molecule has 108 valence electrons. The molecule has 0 saturated carbocycles. The van der Waals surface area contributed by atoms with Gasteiger partial charge in [-0.15, -0.1) is 0 Å². The van der Waals surface area contributed by atoms with E-state index in [1.54, 1.807) is 0 Å². The van der Waals surface area contributed by atoms with Gasteiger partial charge in [-0.25, -0.2) is 4.79 Å². The predicted octanol–water partition coefficient (Wildman–Crippen LogP) is 3.07. The van der Waals surface area contributed by atoms with Crippen molar-refractivity contribution >= 4 is 6.09 Å². The van der Waals surface area contributed by atoms with E-state index in [-0.39, 0.29) is 6.09 Å². The van der Waals surface area contributed by atoms with Crippen LogP contribution in [0.5, 0.6) is 0 Å². The van der Waals surface area contributed by atoms with Crippen LogP contribution >= 0.6 is 0 Å². The zero-order valence-corrected chi connectivity index (χ0v) is 12.8. The van der Waals surface area contributed by atoms with E-state index in [1.165, 1.54) is 6.42 Å². The molecule has 0 radical (unpaired) electrons. The highest BCUT2D eigenvalue weighted by molar-refractivity contribution is 5.67. The van der Waals surface area contributed by atoms with Gasteiger partial charge in [-0.3, -0.25) is 0 Å². The topological polar surface area (TPSA) is 50.4 Å². The van der Waals surface area contributed by atoms with Crippen LogP contribution in [0.1, 0.15) is 60.8 Å². The zero-order valence-electron chi connectivity index (χ0n) is 12.8. The molecular formula is C14H30N2O2. The van der Waals surface area contributed by atoms with Gasteiger partial charge in [0.25, 0.3) is 0 Å². The van der Waals surface area contributed by atoms with Gasteiger partial charge in [0, 0.05) is 18.6 Å². The maximum Gasteiger partial charge on any atom is 0.407 e. The van der Waals surface area contributed by atoms with Crippen LogP contribution in [0.4, 0.5) is 4.79 Å². The molecule has 2 unspecified atom stereocenters. The quantitative estimate of drug-likeness (QED) is 0.738. The lowest BCUT2D eigenvalue weighted by molar-refractivity contribution is 0.0521. The van der Waals surface area contributed by atoms with Gasteiger partial charge in [-0.05, 0) is 40.5 Å². The molecule has 1 amide bonds. The maximum absolute atomic E-state index is 11.5. The molecule has 0 fully saturated rings. The van der Waals surface area contributed by atoms with E-state index < -0.39 is 5.60 Å². The highest BCUT2D eigenvalue weighted by Gasteiger charge is 2.17. The van der Waals surface area contributed by atoms with Crippen molar-refractivity contribution in [3.05, 3.63) is 0 Å². The summed E-state index contributed by atoms with van der Waals surface area (Å²) in [5.74, 6) is 0. The molecule has 0 bridgehead atoms. The Labute approximate surface area is 112 Å². The van der Waals surface area contributed by atoms with E-state index in [4.69, 9.17) is 4.74 Å². The first kappa shape index (κ1) is 17.2. The van der Waals surface area contributed by atoms with Crippen molar-refractivity contribution in [2.75, 3.05) is 6.54 Å². The van der Waals surface area contributed by atoms with Gasteiger partial charge in [0.15, 0.2) is 0 Å². The standard InChI is InChI=1S/C14H30N2O2/c1-7-9-11(3)16-12(8-2)10-15-13(17)18-14(4,5)6/h11-12,16H,7-10H2,1-6H3,(H,15,17). The summed E-state index contributed by atoms with van der Waals surface area (Å²) in [4.78, 5) is 11.5. The first-order valence-corrected chi connectivity index (χ1v) is 7.01. The Morgan fingerprint density at radius 3 is 2.33 bits per heavy atom. The highest BCUT2D eigenvalue weighted by atomic mass is 16.6. The summed E-state index contributed by atoms with van der Waals surface area (Å²) in [6.45, 7) is 12.7. The number of hydrogen-bond donors (Lipinski definition) is 2. The average Bonchev–Trinajstić information content (AvgIpc) is 2.22. The van der Waals surface area contributed by atoms with Crippen LogP contribution in [0.3, 0.4) is 0 Å². The van der Waals surface area contributed by atoms with Crippen molar-refractivity contribution in [2.24, 2.45) is 0 Å². The maximum atomic E-state index is 11.5. The van der Waals surface area contributed by atoms with Crippen LogP contribution in [-0.2, 0) is 4.74 Å². The van der Waals surface area contributed by atoms with Gasteiger partial charge in [0.2, 0.25) is 0 Å². The number of carbonyl (C=O) groups is 1. The average molecular weight is 258 g/mol. The molecule has 0 aromatic rings. The molecule has 0 aromatic carbocycles. The first-order chi connectivity index (χ1) is 8.28. The molecule has 0 heterocycles. The van der Waals surface area contributed by atoms with Crippen LogP contribution in [-0.4, -0.2) is 30.3 Å². The second kappa shape index (κ2) is 8.35. The Hall–Kier alpha value is -0.770. The Morgan fingerprint density at radius 2 is 1.89 bits per heavy atom. The van der Waals surface area contributed by atoms with Crippen molar-refractivity contribution in [1.29, 1.82) is 0 Å². The third kappa shape index (κ3) is 9.28. The van der Waals surface area contributed by atoms with Crippen LogP contribution in [0.2, 0.25) is 0 Å². The van der Waals surface area contributed by atoms with E-state index in [1.807, 2.05) is 20.8 Å². The molecule has 0 aliphatic carbocycles. The minimum Gasteiger partial charge on any atom is -0.444 e. The van der Waals surface area contributed by atoms with E-state index in [0.717, 1.165) is 12.8 Å². The van der Waals surface area contributed by atoms with Crippen molar-refractivity contribution in [3.8, 4) is 0 Å². The Kier molecular flexibility index (Phi) is 8.00. The minimum atomic E-state index is -0.436. The van der Waals surface area contributed by atoms with Crippen molar-refractivity contribution in [2.45, 2.75) is 78.5 Å². The second-order valence-electron chi connectivity index (χ2n) is 5.84. The van der Waals surface area contributed by atoms with Crippen LogP contribution in [0.15, 0.2) is 0 Å². The molecule has 0 rings (SSSR count). The minimum absolute atomic E-state index is 0.305. The number of hydrogen-bond acceptors (Lipinski definition) is 3. The third-order valence-electron chi connectivity index (χ3n) is 2.63. The van der Waals surface area contributed by atoms with Gasteiger partial charge in [0.05, 0.1) is 0 Å². The van der Waals surface area contributed by atoms with Crippen molar-refractivity contribution in [1.82, 2.24) is 10.6 Å². The lowest BCUT2D eigenvalue weighted by atomic mass is 10.1. The summed E-state index contributed by atoms with van der Waals surface area (Å²) >= 11 is 0. The summed E-state index contributed by atoms with van der Waals surface area (Å²) < 4.78 is 5.21. The Bertz CT molecular complexity index is 236. The number of rotatable bonds is 7. The summed E-state index contributed by atoms with van der Waals surface area (Å²) in [7, 11) is 0. The largest absolute Gasteiger partial charge is 0.444 e. The molecule has 0 aliphatic rings. The molecule has 0 aromatic heterocycles. The lowest BCUT2D eigenvalue weighted by Gasteiger charge is -2.24. The lowest BCUT2D eigenvalue weighted by Crippen LogP contribution is -2.45. The number of amides is 1. The molecule has 2 atom stereocenters. The number of carbonyl (C=O) groups excluding carboxylic acids is 1. The van der Waals surface area contributed by atoms with Gasteiger partial charge >= 0.3 is 6.09 Å². The fraction of sp³-hybridized carbons (Fsp3) is 0.929. The molecule has 18 heavy (non-hydrogen) atoms. The van der Waals surface area contributed by atoms with Crippen LogP contribution in [0.25, 0.3) is 0 Å². The fourth-order valence-corrected chi connectivity index (χ4v) is 1.76. The molecule has 0 aliphatic heterocycles. The molecule has 4 heteroatoms. The number of ether oxygens (including phenoxy) is 1. The smallest absolute Gasteiger partial charge is 0.407 e. The van der Waals surface area contributed by atoms with Gasteiger partial charge in [0.1, 0.15) is 5.60 Å². The third-order valence-corrected chi connectivity index (χ3v) is 2.63. The number of alkyl carbamates (subject to hydrolysis) is 1. The van der Waals surface area contributed by atoms with Crippen LogP contribution < -0.4 is 10.6 Å². The molecule has 0 spiro atoms. The van der Waals surface area contributed by atoms with Crippen molar-refractivity contribution < 1.29 is 9.53 Å². The second-order valence-corrected chi connectivity index (χ2v) is 5.84. The molecule has 4 nitrogen and oxygen atoms in total. The Morgan fingerprint density at radius 1 is 1.28 bits per heavy atom. The highest BCUT2D eigenvalue weighted by Crippen LogP contribution is 2.06. The zero-order chi connectivity index (χ0) is 14.2. The fourth-order valence-electron chi connectivity index (χ4n) is 1.76. The summed E-state index contributed by atoms with van der Waals surface area (Å²) in [6.07, 6.45) is 2.97. The number of nitrogens with one attached hydrogen (secondary N) is 2. The van der Waals surface area contributed by atoms with E-state index >= 15 is 0 Å². The molecule has 2 N–H and O–H groups in total. The molecule has 0 saturated heterocycles. The first-order valence-electron chi connectivity index (χ1n) is 7.01. The SMILES string of the molecule is CCCC(C)NC(CC)CNC(=O)OC(C)(C)C. The van der Waals surface area contributed by atoms with Gasteiger partial charge in [-0.2, -0.15) is 0 Å². The molecular weight excluding hydrogens is 228 g/mol. The summed E-state index contributed by atoms with van der Waals surface area (Å²) in [5, 5.41) is 6.33. The van der Waals surface area contributed by atoms with Crippen molar-refractivity contribution in [3.63, 3.8) is 0 Å². The predicted molar refractivity (Wildman–Crippen MR) is 75.8 cm³/mol. The Balaban J connectivity index is 3.96.